The molecule has 142 valence electrons. The van der Waals surface area contributed by atoms with Gasteiger partial charge in [-0.2, -0.15) is 0 Å². The van der Waals surface area contributed by atoms with Gasteiger partial charge < -0.3 is 5.32 Å². The summed E-state index contributed by atoms with van der Waals surface area (Å²) in [5.41, 5.74) is 0.700. The second kappa shape index (κ2) is 7.82. The fourth-order valence-corrected chi connectivity index (χ4v) is 4.23. The Morgan fingerprint density at radius 1 is 1.26 bits per heavy atom. The lowest BCUT2D eigenvalue weighted by atomic mass is 10.2. The summed E-state index contributed by atoms with van der Waals surface area (Å²) in [6.45, 7) is 8.65. The second-order valence-electron chi connectivity index (χ2n) is 7.03. The summed E-state index contributed by atoms with van der Waals surface area (Å²) in [6.07, 6.45) is 3.28. The van der Waals surface area contributed by atoms with Crippen molar-refractivity contribution < 1.29 is 4.79 Å². The predicted octanol–water partition coefficient (Wildman–Crippen LogP) is 3.37. The van der Waals surface area contributed by atoms with Gasteiger partial charge in [0.2, 0.25) is 0 Å². The highest BCUT2D eigenvalue weighted by Crippen LogP contribution is 2.34. The molecule has 2 aromatic heterocycles. The number of rotatable bonds is 5. The minimum Gasteiger partial charge on any atom is -0.369 e. The fraction of sp³-hybridized carbons (Fsp3) is 0.368. The number of pyridine rings is 1. The number of thioether (sulfide) groups is 1. The number of amides is 1. The highest BCUT2D eigenvalue weighted by Gasteiger charge is 2.34. The zero-order valence-corrected chi connectivity index (χ0v) is 17.4. The topological polar surface area (TPSA) is 66.7 Å². The van der Waals surface area contributed by atoms with E-state index in [9.17, 15) is 9.59 Å². The van der Waals surface area contributed by atoms with Crippen LogP contribution in [0.5, 0.6) is 0 Å². The summed E-state index contributed by atoms with van der Waals surface area (Å²) < 4.78 is 1.99. The van der Waals surface area contributed by atoms with Gasteiger partial charge in [-0.15, -0.1) is 0 Å². The molecule has 0 radical (unpaired) electrons. The van der Waals surface area contributed by atoms with E-state index in [0.717, 1.165) is 0 Å². The Balaban J connectivity index is 2.13. The lowest BCUT2D eigenvalue weighted by molar-refractivity contribution is -0.123. The van der Waals surface area contributed by atoms with Crippen molar-refractivity contribution >= 4 is 51.7 Å². The van der Waals surface area contributed by atoms with Crippen molar-refractivity contribution in [2.45, 2.75) is 33.7 Å². The van der Waals surface area contributed by atoms with Gasteiger partial charge in [0, 0.05) is 18.8 Å². The number of hydrogen-bond acceptors (Lipinski definition) is 6. The number of carbonyl (C=O) groups is 1. The van der Waals surface area contributed by atoms with Crippen LogP contribution in [0.4, 0.5) is 5.82 Å². The molecule has 27 heavy (non-hydrogen) atoms. The molecule has 0 saturated carbocycles. The van der Waals surface area contributed by atoms with Crippen LogP contribution in [0.1, 0.15) is 33.3 Å². The Bertz CT molecular complexity index is 995. The molecule has 0 spiro atoms. The van der Waals surface area contributed by atoms with Crippen molar-refractivity contribution in [3.05, 3.63) is 45.2 Å². The molecule has 0 atom stereocenters. The zero-order chi connectivity index (χ0) is 19.7. The average Bonchev–Trinajstić information content (AvgIpc) is 2.89. The van der Waals surface area contributed by atoms with Crippen molar-refractivity contribution in [1.29, 1.82) is 0 Å². The number of hydrogen-bond donors (Lipinski definition) is 1. The maximum Gasteiger partial charge on any atom is 0.267 e. The molecule has 6 nitrogen and oxygen atoms in total. The number of thiocarbonyl (C=S) groups is 1. The standard InChI is InChI=1S/C19H22N4O2S2/c1-11(2)10-20-16-13(17(24)22-8-6-5-7-15(22)21-16)9-14-18(25)23(12(3)4)19(26)27-14/h5-9,11-12,20H,10H2,1-4H3. The number of anilines is 1. The average molecular weight is 403 g/mol. The van der Waals surface area contributed by atoms with E-state index in [4.69, 9.17) is 12.2 Å². The van der Waals surface area contributed by atoms with E-state index in [1.807, 2.05) is 19.9 Å². The van der Waals surface area contributed by atoms with Crippen LogP contribution in [-0.2, 0) is 4.79 Å². The summed E-state index contributed by atoms with van der Waals surface area (Å²) in [4.78, 5) is 32.4. The van der Waals surface area contributed by atoms with Crippen LogP contribution in [0.3, 0.4) is 0 Å². The molecule has 1 N–H and O–H groups in total. The first kappa shape index (κ1) is 19.6. The fourth-order valence-electron chi connectivity index (χ4n) is 2.72. The minimum atomic E-state index is -0.221. The molecule has 0 aliphatic carbocycles. The molecule has 3 heterocycles. The second-order valence-corrected chi connectivity index (χ2v) is 8.70. The smallest absolute Gasteiger partial charge is 0.267 e. The van der Waals surface area contributed by atoms with Gasteiger partial charge in [0.1, 0.15) is 15.8 Å². The van der Waals surface area contributed by atoms with Crippen LogP contribution in [-0.4, -0.2) is 37.1 Å². The lowest BCUT2D eigenvalue weighted by Crippen LogP contribution is -2.34. The molecule has 1 aliphatic rings. The molecule has 1 fully saturated rings. The molecule has 0 aromatic carbocycles. The van der Waals surface area contributed by atoms with E-state index in [1.165, 1.54) is 16.2 Å². The van der Waals surface area contributed by atoms with Crippen LogP contribution < -0.4 is 10.9 Å². The number of nitrogens with one attached hydrogen (secondary N) is 1. The number of aromatic nitrogens is 2. The first-order valence-corrected chi connectivity index (χ1v) is 10.0. The Labute approximate surface area is 167 Å². The highest BCUT2D eigenvalue weighted by atomic mass is 32.2. The Hall–Kier alpha value is -2.19. The van der Waals surface area contributed by atoms with Crippen molar-refractivity contribution in [2.75, 3.05) is 11.9 Å². The van der Waals surface area contributed by atoms with Gasteiger partial charge in [0.25, 0.3) is 11.5 Å². The van der Waals surface area contributed by atoms with Gasteiger partial charge in [-0.25, -0.2) is 4.98 Å². The monoisotopic (exact) mass is 402 g/mol. The quantitative estimate of drug-likeness (QED) is 0.611. The molecule has 2 aromatic rings. The van der Waals surface area contributed by atoms with Crippen molar-refractivity contribution in [3.8, 4) is 0 Å². The van der Waals surface area contributed by atoms with E-state index in [0.29, 0.717) is 38.7 Å². The number of carbonyl (C=O) groups excluding carboxylic acids is 1. The summed E-state index contributed by atoms with van der Waals surface area (Å²) in [6, 6.07) is 5.36. The number of fused-ring (bicyclic) bond motifs is 1. The maximum absolute atomic E-state index is 13.1. The van der Waals surface area contributed by atoms with Crippen LogP contribution in [0.2, 0.25) is 0 Å². The normalized spacial score (nSPS) is 16.4. The van der Waals surface area contributed by atoms with E-state index < -0.39 is 0 Å². The Morgan fingerprint density at radius 2 is 2.00 bits per heavy atom. The SMILES string of the molecule is CC(C)CNc1nc2ccccn2c(=O)c1C=C1SC(=S)N(C(C)C)C1=O. The molecule has 3 rings (SSSR count). The van der Waals surface area contributed by atoms with Crippen LogP contribution in [0, 0.1) is 5.92 Å². The molecule has 1 saturated heterocycles. The Kier molecular flexibility index (Phi) is 5.67. The van der Waals surface area contributed by atoms with Gasteiger partial charge in [-0.05, 0) is 38.0 Å². The van der Waals surface area contributed by atoms with Crippen LogP contribution in [0.25, 0.3) is 11.7 Å². The Morgan fingerprint density at radius 3 is 2.63 bits per heavy atom. The van der Waals surface area contributed by atoms with E-state index >= 15 is 0 Å². The lowest BCUT2D eigenvalue weighted by Gasteiger charge is -2.18. The van der Waals surface area contributed by atoms with Gasteiger partial charge in [0.15, 0.2) is 0 Å². The molecule has 0 bridgehead atoms. The third-order valence-corrected chi connectivity index (χ3v) is 5.39. The summed E-state index contributed by atoms with van der Waals surface area (Å²) in [5.74, 6) is 0.690. The van der Waals surface area contributed by atoms with Crippen LogP contribution >= 0.6 is 24.0 Å². The molecular formula is C19H22N4O2S2. The summed E-state index contributed by atoms with van der Waals surface area (Å²) in [7, 11) is 0. The molecule has 8 heteroatoms. The molecule has 1 amide bonds. The maximum atomic E-state index is 13.1. The predicted molar refractivity (Wildman–Crippen MR) is 115 cm³/mol. The summed E-state index contributed by atoms with van der Waals surface area (Å²) >= 11 is 6.55. The van der Waals surface area contributed by atoms with Gasteiger partial charge >= 0.3 is 0 Å². The molecular weight excluding hydrogens is 380 g/mol. The number of nitrogens with zero attached hydrogens (tertiary/aromatic N) is 3. The van der Waals surface area contributed by atoms with Crippen LogP contribution in [0.15, 0.2) is 34.1 Å². The third kappa shape index (κ3) is 3.91. The van der Waals surface area contributed by atoms with Gasteiger partial charge in [0.05, 0.1) is 10.5 Å². The molecule has 1 aliphatic heterocycles. The summed E-state index contributed by atoms with van der Waals surface area (Å²) in [5, 5.41) is 3.24. The van der Waals surface area contributed by atoms with Gasteiger partial charge in [-0.1, -0.05) is 43.9 Å². The van der Waals surface area contributed by atoms with Crippen molar-refractivity contribution in [1.82, 2.24) is 14.3 Å². The van der Waals surface area contributed by atoms with E-state index in [-0.39, 0.29) is 17.5 Å². The zero-order valence-electron chi connectivity index (χ0n) is 15.7. The third-order valence-electron chi connectivity index (χ3n) is 4.06. The molecule has 0 unspecified atom stereocenters. The first-order chi connectivity index (χ1) is 12.8. The minimum absolute atomic E-state index is 0.0299. The highest BCUT2D eigenvalue weighted by molar-refractivity contribution is 8.26. The van der Waals surface area contributed by atoms with E-state index in [2.05, 4.69) is 24.1 Å². The van der Waals surface area contributed by atoms with Crippen molar-refractivity contribution in [3.63, 3.8) is 0 Å². The van der Waals surface area contributed by atoms with Gasteiger partial charge in [-0.3, -0.25) is 18.9 Å². The van der Waals surface area contributed by atoms with Crippen molar-refractivity contribution in [2.24, 2.45) is 5.92 Å². The van der Waals surface area contributed by atoms with E-state index in [1.54, 1.807) is 29.3 Å². The largest absolute Gasteiger partial charge is 0.369 e. The first-order valence-electron chi connectivity index (χ1n) is 8.82.